The number of hydrogen-bond donors (Lipinski definition) is 1. The maximum absolute atomic E-state index is 13.1. The van der Waals surface area contributed by atoms with Gasteiger partial charge in [0.05, 0.1) is 20.1 Å². The standard InChI is InChI=1S/C18H27N3O5S/c1-25-15-5-6-16(26-2)17(12-15)27(23,24)21-10-8-20(9-11-21)18(22)14-4-3-7-19-13-14/h5-6,12,14,19H,3-4,7-11,13H2,1-2H3. The third kappa shape index (κ3) is 4.20. The number of piperidine rings is 1. The molecule has 1 aromatic carbocycles. The fourth-order valence-electron chi connectivity index (χ4n) is 3.59. The second kappa shape index (κ2) is 8.45. The Morgan fingerprint density at radius 3 is 2.48 bits per heavy atom. The van der Waals surface area contributed by atoms with Crippen LogP contribution in [-0.2, 0) is 14.8 Å². The van der Waals surface area contributed by atoms with Crippen molar-refractivity contribution in [2.75, 3.05) is 53.5 Å². The van der Waals surface area contributed by atoms with Gasteiger partial charge in [-0.2, -0.15) is 4.31 Å². The van der Waals surface area contributed by atoms with Crippen LogP contribution in [0, 0.1) is 5.92 Å². The van der Waals surface area contributed by atoms with Crippen molar-refractivity contribution in [1.29, 1.82) is 0 Å². The Labute approximate surface area is 160 Å². The van der Waals surface area contributed by atoms with Crippen molar-refractivity contribution in [1.82, 2.24) is 14.5 Å². The van der Waals surface area contributed by atoms with Gasteiger partial charge in [0.1, 0.15) is 16.4 Å². The van der Waals surface area contributed by atoms with Crippen LogP contribution in [0.3, 0.4) is 0 Å². The molecule has 3 rings (SSSR count). The van der Waals surface area contributed by atoms with Crippen LogP contribution in [0.15, 0.2) is 23.1 Å². The first kappa shape index (κ1) is 19.9. The SMILES string of the molecule is COc1ccc(OC)c(S(=O)(=O)N2CCN(C(=O)C3CCCNC3)CC2)c1. The van der Waals surface area contributed by atoms with Crippen LogP contribution in [0.1, 0.15) is 12.8 Å². The van der Waals surface area contributed by atoms with Crippen molar-refractivity contribution in [2.45, 2.75) is 17.7 Å². The van der Waals surface area contributed by atoms with Crippen molar-refractivity contribution in [3.8, 4) is 11.5 Å². The van der Waals surface area contributed by atoms with Crippen LogP contribution < -0.4 is 14.8 Å². The molecule has 0 saturated carbocycles. The van der Waals surface area contributed by atoms with Gasteiger partial charge in [0.25, 0.3) is 0 Å². The summed E-state index contributed by atoms with van der Waals surface area (Å²) in [5, 5.41) is 3.25. The van der Waals surface area contributed by atoms with Gasteiger partial charge in [-0.15, -0.1) is 0 Å². The van der Waals surface area contributed by atoms with E-state index in [1.807, 2.05) is 0 Å². The first-order valence-corrected chi connectivity index (χ1v) is 10.6. The Kier molecular flexibility index (Phi) is 6.23. The van der Waals surface area contributed by atoms with E-state index in [1.165, 1.54) is 24.6 Å². The fraction of sp³-hybridized carbons (Fsp3) is 0.611. The van der Waals surface area contributed by atoms with Crippen LogP contribution in [0.5, 0.6) is 11.5 Å². The molecule has 2 aliphatic heterocycles. The number of piperazine rings is 1. The van der Waals surface area contributed by atoms with Crippen LogP contribution >= 0.6 is 0 Å². The number of nitrogens with zero attached hydrogens (tertiary/aromatic N) is 2. The molecule has 1 unspecified atom stereocenters. The number of hydrogen-bond acceptors (Lipinski definition) is 6. The van der Waals surface area contributed by atoms with Crippen LogP contribution in [0.4, 0.5) is 0 Å². The molecule has 1 aromatic rings. The second-order valence-electron chi connectivity index (χ2n) is 6.79. The van der Waals surface area contributed by atoms with Crippen molar-refractivity contribution < 1.29 is 22.7 Å². The fourth-order valence-corrected chi connectivity index (χ4v) is 5.19. The van der Waals surface area contributed by atoms with Crippen LogP contribution in [-0.4, -0.2) is 77.0 Å². The highest BCUT2D eigenvalue weighted by Crippen LogP contribution is 2.31. The number of nitrogens with one attached hydrogen (secondary N) is 1. The predicted octanol–water partition coefficient (Wildman–Crippen LogP) is 0.536. The Bertz CT molecular complexity index is 769. The van der Waals surface area contributed by atoms with Gasteiger partial charge in [-0.05, 0) is 31.5 Å². The summed E-state index contributed by atoms with van der Waals surface area (Å²) in [6, 6.07) is 4.72. The highest BCUT2D eigenvalue weighted by molar-refractivity contribution is 7.89. The van der Waals surface area contributed by atoms with Crippen molar-refractivity contribution in [2.24, 2.45) is 5.92 Å². The molecule has 1 atom stereocenters. The van der Waals surface area contributed by atoms with Crippen molar-refractivity contribution in [3.63, 3.8) is 0 Å². The minimum absolute atomic E-state index is 0.000357. The number of amides is 1. The number of carbonyl (C=O) groups is 1. The van der Waals surface area contributed by atoms with E-state index in [1.54, 1.807) is 17.0 Å². The number of benzene rings is 1. The quantitative estimate of drug-likeness (QED) is 0.780. The smallest absolute Gasteiger partial charge is 0.247 e. The Hall–Kier alpha value is -1.84. The number of ether oxygens (including phenoxy) is 2. The number of sulfonamides is 1. The summed E-state index contributed by atoms with van der Waals surface area (Å²) in [6.07, 6.45) is 1.89. The molecule has 2 aliphatic rings. The molecular formula is C18H27N3O5S. The monoisotopic (exact) mass is 397 g/mol. The van der Waals surface area contributed by atoms with Crippen molar-refractivity contribution in [3.05, 3.63) is 18.2 Å². The largest absolute Gasteiger partial charge is 0.497 e. The summed E-state index contributed by atoms with van der Waals surface area (Å²) in [4.78, 5) is 14.5. The number of rotatable bonds is 5. The summed E-state index contributed by atoms with van der Waals surface area (Å²) < 4.78 is 38.0. The summed E-state index contributed by atoms with van der Waals surface area (Å²) >= 11 is 0. The normalized spacial score (nSPS) is 21.7. The molecule has 2 fully saturated rings. The minimum Gasteiger partial charge on any atom is -0.497 e. The summed E-state index contributed by atoms with van der Waals surface area (Å²) in [5.74, 6) is 0.856. The van der Waals surface area contributed by atoms with Gasteiger partial charge in [-0.1, -0.05) is 0 Å². The van der Waals surface area contributed by atoms with Gasteiger partial charge in [0.2, 0.25) is 15.9 Å². The first-order chi connectivity index (χ1) is 13.0. The van der Waals surface area contributed by atoms with E-state index in [-0.39, 0.29) is 35.6 Å². The highest BCUT2D eigenvalue weighted by Gasteiger charge is 2.34. The molecule has 0 aromatic heterocycles. The molecule has 2 heterocycles. The molecule has 0 radical (unpaired) electrons. The zero-order valence-corrected chi connectivity index (χ0v) is 16.6. The third-order valence-corrected chi connectivity index (χ3v) is 7.10. The van der Waals surface area contributed by atoms with E-state index in [2.05, 4.69) is 5.32 Å². The van der Waals surface area contributed by atoms with Gasteiger partial charge in [0, 0.05) is 38.8 Å². The molecular weight excluding hydrogens is 370 g/mol. The molecule has 0 aliphatic carbocycles. The van der Waals surface area contributed by atoms with Gasteiger partial charge >= 0.3 is 0 Å². The lowest BCUT2D eigenvalue weighted by Crippen LogP contribution is -2.53. The predicted molar refractivity (Wildman–Crippen MR) is 100 cm³/mol. The molecule has 1 N–H and O–H groups in total. The summed E-state index contributed by atoms with van der Waals surface area (Å²) in [7, 11) is -0.804. The van der Waals surface area contributed by atoms with Crippen LogP contribution in [0.2, 0.25) is 0 Å². The first-order valence-electron chi connectivity index (χ1n) is 9.19. The average molecular weight is 397 g/mol. The lowest BCUT2D eigenvalue weighted by molar-refractivity contribution is -0.137. The van der Waals surface area contributed by atoms with E-state index >= 15 is 0 Å². The lowest BCUT2D eigenvalue weighted by atomic mass is 9.98. The number of carbonyl (C=O) groups excluding carboxylic acids is 1. The topological polar surface area (TPSA) is 88.2 Å². The average Bonchev–Trinajstić information content (AvgIpc) is 2.73. The van der Waals surface area contributed by atoms with Gasteiger partial charge < -0.3 is 19.7 Å². The van der Waals surface area contributed by atoms with Gasteiger partial charge in [-0.3, -0.25) is 4.79 Å². The van der Waals surface area contributed by atoms with E-state index < -0.39 is 10.0 Å². The van der Waals surface area contributed by atoms with Crippen LogP contribution in [0.25, 0.3) is 0 Å². The molecule has 150 valence electrons. The summed E-state index contributed by atoms with van der Waals surface area (Å²) in [6.45, 7) is 3.02. The molecule has 0 bridgehead atoms. The Morgan fingerprint density at radius 1 is 1.15 bits per heavy atom. The Balaban J connectivity index is 1.70. The van der Waals surface area contributed by atoms with Gasteiger partial charge in [0.15, 0.2) is 0 Å². The third-order valence-electron chi connectivity index (χ3n) is 5.19. The maximum Gasteiger partial charge on any atom is 0.247 e. The molecule has 9 heteroatoms. The van der Waals surface area contributed by atoms with E-state index in [0.717, 1.165) is 19.4 Å². The van der Waals surface area contributed by atoms with Gasteiger partial charge in [-0.25, -0.2) is 8.42 Å². The molecule has 2 saturated heterocycles. The minimum atomic E-state index is -3.73. The lowest BCUT2D eigenvalue weighted by Gasteiger charge is -2.36. The van der Waals surface area contributed by atoms with E-state index in [4.69, 9.17) is 9.47 Å². The molecule has 8 nitrogen and oxygen atoms in total. The maximum atomic E-state index is 13.1. The second-order valence-corrected chi connectivity index (χ2v) is 8.70. The Morgan fingerprint density at radius 2 is 1.89 bits per heavy atom. The summed E-state index contributed by atoms with van der Waals surface area (Å²) in [5.41, 5.74) is 0. The highest BCUT2D eigenvalue weighted by atomic mass is 32.2. The number of methoxy groups -OCH3 is 2. The van der Waals surface area contributed by atoms with Crippen molar-refractivity contribution >= 4 is 15.9 Å². The molecule has 1 amide bonds. The van der Waals surface area contributed by atoms with E-state index in [0.29, 0.717) is 25.4 Å². The van der Waals surface area contributed by atoms with E-state index in [9.17, 15) is 13.2 Å². The molecule has 27 heavy (non-hydrogen) atoms. The zero-order chi connectivity index (χ0) is 19.4. The molecule has 0 spiro atoms. The zero-order valence-electron chi connectivity index (χ0n) is 15.8.